The maximum atomic E-state index is 12.5. The van der Waals surface area contributed by atoms with E-state index < -0.39 is 15.8 Å². The topological polar surface area (TPSA) is 354 Å². The van der Waals surface area contributed by atoms with Gasteiger partial charge in [0, 0.05) is 30.2 Å². The van der Waals surface area contributed by atoms with Gasteiger partial charge < -0.3 is 45.9 Å². The third-order valence-corrected chi connectivity index (χ3v) is 11.1. The smallest absolute Gasteiger partial charge is 0.358 e. The second-order valence-electron chi connectivity index (χ2n) is 13.8. The Morgan fingerprint density at radius 2 is 1.15 bits per heavy atom. The highest BCUT2D eigenvalue weighted by atomic mass is 79.9. The zero-order valence-corrected chi connectivity index (χ0v) is 39.1. The predicted molar refractivity (Wildman–Crippen MR) is 248 cm³/mol. The lowest BCUT2D eigenvalue weighted by Crippen LogP contribution is -2.21. The number of esters is 1. The van der Waals surface area contributed by atoms with Crippen LogP contribution in [0, 0.1) is 0 Å². The summed E-state index contributed by atoms with van der Waals surface area (Å²) in [5.74, 6) is 0.0179. The summed E-state index contributed by atoms with van der Waals surface area (Å²) in [6, 6.07) is 19.4. The maximum absolute atomic E-state index is 12.5. The van der Waals surface area contributed by atoms with Crippen LogP contribution >= 0.6 is 31.9 Å². The third-order valence-electron chi connectivity index (χ3n) is 8.59. The summed E-state index contributed by atoms with van der Waals surface area (Å²) in [6.45, 7) is 1.77. The summed E-state index contributed by atoms with van der Waals surface area (Å²) >= 11 is 6.18. The standard InChI is InChI=1S/C22H22N6O4S.C14H10BrN5O3.C5H4BrN3O2/c1-28(2)11-12-33(30,31)17-9-5-14(6-10-17)18-13-24-20(23)19(25-18)22-27-26-21(32-22)15-3-7-16(29)8-4-15;1-7(21)22-9-4-2-8(3-5-9)13-19-20-14(23-13)11-12(16)17-6-10(15)18-11;6-2-1-8-4(7)3(9-2)5(10)11/h3-10,13,29H,11-12H2,1-2H3,(H2,23,24);2-6H,1H3,(H2,16,17);1H,(H2,7,8)(H,10,11). The number of aromatic hydroxyl groups is 1. The zero-order valence-electron chi connectivity index (χ0n) is 35.1. The van der Waals surface area contributed by atoms with Crippen molar-refractivity contribution in [1.82, 2.24) is 55.2 Å². The first-order valence-electron chi connectivity index (χ1n) is 19.0. The molecule has 0 spiro atoms. The Hall–Kier alpha value is -7.81. The summed E-state index contributed by atoms with van der Waals surface area (Å²) in [7, 11) is 0.268. The van der Waals surface area contributed by atoms with Crippen LogP contribution in [0.4, 0.5) is 17.5 Å². The van der Waals surface area contributed by atoms with Gasteiger partial charge in [0.05, 0.1) is 34.9 Å². The zero-order chi connectivity index (χ0) is 48.4. The minimum atomic E-state index is -3.39. The van der Waals surface area contributed by atoms with E-state index in [-0.39, 0.29) is 74.8 Å². The van der Waals surface area contributed by atoms with Crippen LogP contribution in [-0.4, -0.2) is 112 Å². The number of anilines is 3. The number of aromatic nitrogens is 10. The fraction of sp³-hybridized carbons (Fsp3) is 0.122. The molecule has 0 aliphatic heterocycles. The number of hydrogen-bond acceptors (Lipinski definition) is 22. The Morgan fingerprint density at radius 1 is 0.672 bits per heavy atom. The van der Waals surface area contributed by atoms with E-state index in [2.05, 4.69) is 82.2 Å². The monoisotopic (exact) mass is 1060 g/mol. The Balaban J connectivity index is 0.000000188. The largest absolute Gasteiger partial charge is 0.508 e. The number of aromatic carboxylic acids is 1. The molecule has 0 bridgehead atoms. The van der Waals surface area contributed by atoms with Crippen molar-refractivity contribution < 1.29 is 41.8 Å². The number of nitrogens with two attached hydrogens (primary N) is 3. The highest BCUT2D eigenvalue weighted by Gasteiger charge is 2.20. The highest BCUT2D eigenvalue weighted by molar-refractivity contribution is 9.10. The number of carboxylic acids is 1. The molecule has 0 amide bonds. The summed E-state index contributed by atoms with van der Waals surface area (Å²) in [5, 5.41) is 33.8. The number of carbonyl (C=O) groups excluding carboxylic acids is 1. The SMILES string of the molecule is CC(=O)Oc1ccc(-c2nnc(-c3nc(Br)cnc3N)o2)cc1.CN(C)CCS(=O)(=O)c1ccc(-c2cnc(N)c(-c3nnc(-c4ccc(O)cc4)o3)n2)cc1.Nc1ncc(Br)nc1C(=O)O. The number of nitrogen functional groups attached to an aromatic ring is 3. The van der Waals surface area contributed by atoms with Crippen LogP contribution in [0.1, 0.15) is 17.4 Å². The first-order valence-corrected chi connectivity index (χ1v) is 22.3. The van der Waals surface area contributed by atoms with Gasteiger partial charge in [-0.3, -0.25) is 4.79 Å². The molecule has 8 aromatic rings. The molecular formula is C41H36Br2N14O9S. The highest BCUT2D eigenvalue weighted by Crippen LogP contribution is 2.30. The number of benzene rings is 3. The molecule has 3 aromatic carbocycles. The molecule has 5 aromatic heterocycles. The van der Waals surface area contributed by atoms with E-state index in [1.165, 1.54) is 37.6 Å². The van der Waals surface area contributed by atoms with E-state index in [9.17, 15) is 23.1 Å². The van der Waals surface area contributed by atoms with Crippen molar-refractivity contribution in [2.45, 2.75) is 11.8 Å². The second-order valence-corrected chi connectivity index (χ2v) is 17.5. The van der Waals surface area contributed by atoms with E-state index in [4.69, 9.17) is 35.9 Å². The van der Waals surface area contributed by atoms with Crippen molar-refractivity contribution in [1.29, 1.82) is 0 Å². The number of carbonyl (C=O) groups is 2. The molecule has 67 heavy (non-hydrogen) atoms. The Morgan fingerprint density at radius 3 is 1.67 bits per heavy atom. The summed E-state index contributed by atoms with van der Waals surface area (Å²) in [4.78, 5) is 47.3. The van der Waals surface area contributed by atoms with E-state index in [0.29, 0.717) is 49.6 Å². The van der Waals surface area contributed by atoms with Gasteiger partial charge in [0.25, 0.3) is 11.8 Å². The van der Waals surface area contributed by atoms with Gasteiger partial charge in [-0.15, -0.1) is 20.4 Å². The fourth-order valence-corrected chi connectivity index (χ4v) is 7.28. The minimum Gasteiger partial charge on any atom is -0.508 e. The van der Waals surface area contributed by atoms with E-state index in [1.807, 2.05) is 19.0 Å². The number of phenolic OH excluding ortho intramolecular Hbond substituents is 1. The van der Waals surface area contributed by atoms with Gasteiger partial charge in [-0.2, -0.15) is 0 Å². The average molecular weight is 1060 g/mol. The van der Waals surface area contributed by atoms with Gasteiger partial charge >= 0.3 is 11.9 Å². The number of halogens is 2. The number of nitrogens with zero attached hydrogens (tertiary/aromatic N) is 11. The molecule has 0 atom stereocenters. The molecule has 0 aliphatic carbocycles. The van der Waals surface area contributed by atoms with Crippen LogP contribution < -0.4 is 21.9 Å². The molecule has 0 saturated heterocycles. The number of carboxylic acid groups (broad SMARTS) is 1. The van der Waals surface area contributed by atoms with Gasteiger partial charge in [0.1, 0.15) is 20.7 Å². The number of phenols is 1. The van der Waals surface area contributed by atoms with Gasteiger partial charge in [0.2, 0.25) is 11.8 Å². The van der Waals surface area contributed by atoms with Crippen molar-refractivity contribution in [3.63, 3.8) is 0 Å². The van der Waals surface area contributed by atoms with Crippen LogP contribution in [0.25, 0.3) is 57.3 Å². The van der Waals surface area contributed by atoms with Crippen LogP contribution in [0.15, 0.2) is 114 Å². The first-order chi connectivity index (χ1) is 31.9. The van der Waals surface area contributed by atoms with Gasteiger partial charge in [-0.25, -0.2) is 43.1 Å². The lowest BCUT2D eigenvalue weighted by molar-refractivity contribution is -0.131. The molecule has 0 aliphatic rings. The summed E-state index contributed by atoms with van der Waals surface area (Å²) in [5.41, 5.74) is 19.7. The number of sulfone groups is 1. The van der Waals surface area contributed by atoms with Crippen molar-refractivity contribution in [3.05, 3.63) is 106 Å². The maximum Gasteiger partial charge on any atom is 0.358 e. The molecule has 23 nitrogen and oxygen atoms in total. The normalized spacial score (nSPS) is 11.0. The van der Waals surface area contributed by atoms with Gasteiger partial charge in [-0.05, 0) is 107 Å². The van der Waals surface area contributed by atoms with Gasteiger partial charge in [0.15, 0.2) is 44.4 Å². The summed E-state index contributed by atoms with van der Waals surface area (Å²) < 4.78 is 42.1. The van der Waals surface area contributed by atoms with Crippen LogP contribution in [0.5, 0.6) is 11.5 Å². The lowest BCUT2D eigenvalue weighted by atomic mass is 10.1. The molecule has 0 unspecified atom stereocenters. The number of rotatable bonds is 11. The van der Waals surface area contributed by atoms with Crippen molar-refractivity contribution in [2.75, 3.05) is 43.6 Å². The van der Waals surface area contributed by atoms with Crippen LogP contribution in [0.3, 0.4) is 0 Å². The van der Waals surface area contributed by atoms with Crippen LogP contribution in [-0.2, 0) is 14.6 Å². The molecule has 8 N–H and O–H groups in total. The van der Waals surface area contributed by atoms with E-state index >= 15 is 0 Å². The predicted octanol–water partition coefficient (Wildman–Crippen LogP) is 5.47. The quantitative estimate of drug-likeness (QED) is 0.0792. The molecule has 8 rings (SSSR count). The van der Waals surface area contributed by atoms with Crippen LogP contribution in [0.2, 0.25) is 0 Å². The molecular weight excluding hydrogens is 1020 g/mol. The van der Waals surface area contributed by atoms with Crippen molar-refractivity contribution in [3.8, 4) is 68.8 Å². The van der Waals surface area contributed by atoms with E-state index in [1.54, 1.807) is 60.7 Å². The molecule has 344 valence electrons. The molecule has 0 radical (unpaired) electrons. The van der Waals surface area contributed by atoms with Crippen molar-refractivity contribution in [2.24, 2.45) is 0 Å². The molecule has 5 heterocycles. The Labute approximate surface area is 396 Å². The van der Waals surface area contributed by atoms with Crippen molar-refractivity contribution >= 4 is 71.1 Å². The summed E-state index contributed by atoms with van der Waals surface area (Å²) in [6.07, 6.45) is 4.30. The van der Waals surface area contributed by atoms with Gasteiger partial charge in [-0.1, -0.05) is 12.1 Å². The molecule has 26 heteroatoms. The third kappa shape index (κ3) is 12.9. The Bertz CT molecular complexity index is 3140. The molecule has 0 saturated carbocycles. The first kappa shape index (κ1) is 48.6. The number of hydrogen-bond donors (Lipinski definition) is 5. The Kier molecular flexibility index (Phi) is 15.6. The average Bonchev–Trinajstić information content (AvgIpc) is 4.00. The van der Waals surface area contributed by atoms with E-state index in [0.717, 1.165) is 0 Å². The number of ether oxygens (including phenoxy) is 1. The fourth-order valence-electron chi connectivity index (χ4n) is 5.32. The minimum absolute atomic E-state index is 0.0334. The molecule has 0 fully saturated rings. The lowest BCUT2D eigenvalue weighted by Gasteiger charge is -2.10. The second kappa shape index (κ2) is 21.5.